The molecule has 0 radical (unpaired) electrons. The number of ketones is 1. The lowest BCUT2D eigenvalue weighted by atomic mass is 9.74. The Morgan fingerprint density at radius 2 is 1.44 bits per heavy atom. The molecule has 0 aliphatic carbocycles. The summed E-state index contributed by atoms with van der Waals surface area (Å²) in [6.45, 7) is 23.3. The molecule has 3 saturated heterocycles. The molecule has 3 aliphatic heterocycles. The molecule has 0 aromatic rings. The molecule has 3 rings (SSSR count). The molecule has 0 bridgehead atoms. The average molecular weight is 790 g/mol. The van der Waals surface area contributed by atoms with Gasteiger partial charge in [0.2, 0.25) is 0 Å². The molecular weight excluding hydrogens is 714 g/mol. The van der Waals surface area contributed by atoms with Crippen molar-refractivity contribution in [3.05, 3.63) is 0 Å². The lowest BCUT2D eigenvalue weighted by Crippen LogP contribution is -2.62. The van der Waals surface area contributed by atoms with Crippen molar-refractivity contribution in [1.29, 1.82) is 0 Å². The fourth-order valence-corrected chi connectivity index (χ4v) is 8.95. The standard InChI is InChI=1S/C41H75NO13/c1-17-28-41(13,48)33(45)23(4)30(43)21(2)19-40(12,50-16)35(55-37-31(44)27(18-22(3)51-37)42(14)38(8,9)10)24(5)32(25(6)36(47)53-28)54-29-20-39(11,49-15)34(46)26(7)52-29/h21-29,31-35,37,44-46,48H,17-20H2,1-16H3/t21-,22-,23+,24+,25-,26+,27+,28-,29+,31-,32+,33-,34+,35-,37+,39-,40-,41-/m1/s1. The van der Waals surface area contributed by atoms with Crippen LogP contribution in [0.25, 0.3) is 0 Å². The largest absolute Gasteiger partial charge is 0.459 e. The van der Waals surface area contributed by atoms with Crippen molar-refractivity contribution in [3.8, 4) is 0 Å². The molecule has 3 aliphatic rings. The highest BCUT2D eigenvalue weighted by atomic mass is 16.7. The molecule has 55 heavy (non-hydrogen) atoms. The first kappa shape index (κ1) is 48.1. The summed E-state index contributed by atoms with van der Waals surface area (Å²) in [5, 5.41) is 46.1. The first-order chi connectivity index (χ1) is 25.2. The van der Waals surface area contributed by atoms with Gasteiger partial charge in [0.15, 0.2) is 12.6 Å². The summed E-state index contributed by atoms with van der Waals surface area (Å²) in [6.07, 6.45) is -8.90. The summed E-state index contributed by atoms with van der Waals surface area (Å²) in [6, 6.07) is -0.325. The van der Waals surface area contributed by atoms with Crippen LogP contribution in [0.15, 0.2) is 0 Å². The van der Waals surface area contributed by atoms with Crippen molar-refractivity contribution < 1.29 is 63.2 Å². The van der Waals surface area contributed by atoms with Crippen molar-refractivity contribution >= 4 is 11.8 Å². The molecule has 4 N–H and O–H groups in total. The summed E-state index contributed by atoms with van der Waals surface area (Å²) in [7, 11) is 4.98. The first-order valence-electron chi connectivity index (χ1n) is 20.2. The Labute approximate surface area is 329 Å². The van der Waals surface area contributed by atoms with Crippen LogP contribution < -0.4 is 0 Å². The molecule has 18 atom stereocenters. The Hall–Kier alpha value is -1.30. The zero-order valence-electron chi connectivity index (χ0n) is 36.4. The van der Waals surface area contributed by atoms with Gasteiger partial charge in [0, 0.05) is 50.0 Å². The van der Waals surface area contributed by atoms with Crippen LogP contribution in [0.3, 0.4) is 0 Å². The van der Waals surface area contributed by atoms with Gasteiger partial charge in [0.1, 0.15) is 29.7 Å². The molecule has 14 nitrogen and oxygen atoms in total. The maximum absolute atomic E-state index is 14.3. The summed E-state index contributed by atoms with van der Waals surface area (Å²) < 4.78 is 44.3. The molecule has 3 fully saturated rings. The van der Waals surface area contributed by atoms with E-state index in [1.807, 2.05) is 27.8 Å². The number of carbonyl (C=O) groups is 2. The Kier molecular flexibility index (Phi) is 16.0. The van der Waals surface area contributed by atoms with E-state index in [4.69, 9.17) is 33.2 Å². The summed E-state index contributed by atoms with van der Waals surface area (Å²) in [5.74, 6) is -4.51. The Morgan fingerprint density at radius 3 is 1.96 bits per heavy atom. The van der Waals surface area contributed by atoms with Gasteiger partial charge < -0.3 is 53.6 Å². The number of nitrogens with zero attached hydrogens (tertiary/aromatic N) is 1. The Bertz CT molecular complexity index is 1280. The number of aliphatic hydroxyl groups is 4. The number of Topliss-reactive ketones (excluding diaryl/α,β-unsaturated/α-hetero) is 1. The molecule has 0 unspecified atom stereocenters. The lowest BCUT2D eigenvalue weighted by molar-refractivity contribution is -0.320. The van der Waals surface area contributed by atoms with E-state index in [0.29, 0.717) is 6.42 Å². The second-order valence-electron chi connectivity index (χ2n) is 18.4. The third-order valence-electron chi connectivity index (χ3n) is 13.2. The van der Waals surface area contributed by atoms with Crippen molar-refractivity contribution in [2.75, 3.05) is 21.3 Å². The van der Waals surface area contributed by atoms with Crippen molar-refractivity contribution in [2.45, 2.75) is 205 Å². The summed E-state index contributed by atoms with van der Waals surface area (Å²) in [4.78, 5) is 30.4. The first-order valence-corrected chi connectivity index (χ1v) is 20.2. The van der Waals surface area contributed by atoms with E-state index >= 15 is 0 Å². The maximum Gasteiger partial charge on any atom is 0.311 e. The van der Waals surface area contributed by atoms with Gasteiger partial charge in [-0.2, -0.15) is 0 Å². The van der Waals surface area contributed by atoms with E-state index < -0.39 is 102 Å². The van der Waals surface area contributed by atoms with E-state index in [1.54, 1.807) is 41.5 Å². The van der Waals surface area contributed by atoms with Gasteiger partial charge >= 0.3 is 5.97 Å². The molecule has 14 heteroatoms. The molecule has 322 valence electrons. The third-order valence-corrected chi connectivity index (χ3v) is 13.2. The maximum atomic E-state index is 14.3. The minimum Gasteiger partial charge on any atom is -0.459 e. The van der Waals surface area contributed by atoms with E-state index in [-0.39, 0.29) is 42.7 Å². The normalized spacial score (nSPS) is 47.3. The highest BCUT2D eigenvalue weighted by Gasteiger charge is 2.54. The SMILES string of the molecule is CC[C@H]1OC(=O)[C@H](C)[C@@H](O[C@H]2C[C@@](C)(OC)[C@@H](O)[C@H](C)O2)[C@H](C)[C@@H](O[C@@H]2O[C@H](C)C[C@H](N(C)C(C)(C)C)[C@H]2O)[C@](C)(OC)C[C@@H](C)C(=O)[C@H](C)[C@@H](O)[C@]1(C)O. The molecule has 3 heterocycles. The van der Waals surface area contributed by atoms with Gasteiger partial charge in [-0.25, -0.2) is 0 Å². The number of aliphatic hydroxyl groups excluding tert-OH is 3. The van der Waals surface area contributed by atoms with Gasteiger partial charge in [0.05, 0.1) is 47.6 Å². The zero-order valence-corrected chi connectivity index (χ0v) is 36.4. The minimum atomic E-state index is -1.97. The van der Waals surface area contributed by atoms with Crippen LogP contribution in [-0.2, 0) is 42.7 Å². The predicted molar refractivity (Wildman–Crippen MR) is 205 cm³/mol. The average Bonchev–Trinajstić information content (AvgIpc) is 3.11. The van der Waals surface area contributed by atoms with Crippen molar-refractivity contribution in [3.63, 3.8) is 0 Å². The molecule has 0 aromatic heterocycles. The Morgan fingerprint density at radius 1 is 0.855 bits per heavy atom. The van der Waals surface area contributed by atoms with Gasteiger partial charge in [-0.05, 0) is 88.6 Å². The second-order valence-corrected chi connectivity index (χ2v) is 18.4. The highest BCUT2D eigenvalue weighted by Crippen LogP contribution is 2.42. The van der Waals surface area contributed by atoms with Gasteiger partial charge in [-0.1, -0.05) is 27.7 Å². The predicted octanol–water partition coefficient (Wildman–Crippen LogP) is 3.61. The number of rotatable bonds is 8. The molecule has 0 spiro atoms. The fraction of sp³-hybridized carbons (Fsp3) is 0.951. The number of hydrogen-bond donors (Lipinski definition) is 4. The van der Waals surface area contributed by atoms with Gasteiger partial charge in [0.25, 0.3) is 0 Å². The molecule has 0 saturated carbocycles. The number of cyclic esters (lactones) is 1. The van der Waals surface area contributed by atoms with Crippen LogP contribution in [0, 0.1) is 23.7 Å². The zero-order chi connectivity index (χ0) is 42.2. The van der Waals surface area contributed by atoms with E-state index in [1.165, 1.54) is 21.1 Å². The number of methoxy groups -OCH3 is 2. The molecular formula is C41H75NO13. The number of ether oxygens (including phenoxy) is 7. The lowest BCUT2D eigenvalue weighted by Gasteiger charge is -2.51. The molecule has 0 aromatic carbocycles. The monoisotopic (exact) mass is 790 g/mol. The van der Waals surface area contributed by atoms with Crippen LogP contribution in [0.2, 0.25) is 0 Å². The van der Waals surface area contributed by atoms with Crippen LogP contribution in [0.1, 0.15) is 116 Å². The number of likely N-dealkylation sites (N-methyl/N-ethyl adjacent to an activating group) is 1. The number of esters is 1. The van der Waals surface area contributed by atoms with Gasteiger partial charge in [-0.3, -0.25) is 14.5 Å². The van der Waals surface area contributed by atoms with Crippen LogP contribution in [0.5, 0.6) is 0 Å². The van der Waals surface area contributed by atoms with E-state index in [9.17, 15) is 30.0 Å². The van der Waals surface area contributed by atoms with Crippen molar-refractivity contribution in [2.24, 2.45) is 23.7 Å². The number of carbonyl (C=O) groups excluding carboxylic acids is 2. The second kappa shape index (κ2) is 18.3. The highest BCUT2D eigenvalue weighted by molar-refractivity contribution is 5.83. The smallest absolute Gasteiger partial charge is 0.311 e. The van der Waals surface area contributed by atoms with E-state index in [0.717, 1.165) is 0 Å². The quantitative estimate of drug-likeness (QED) is 0.262. The van der Waals surface area contributed by atoms with E-state index in [2.05, 4.69) is 25.7 Å². The minimum absolute atomic E-state index is 0.105. The van der Waals surface area contributed by atoms with Crippen LogP contribution in [-0.4, -0.2) is 148 Å². The third kappa shape index (κ3) is 10.3. The Balaban J connectivity index is 2.24. The number of hydrogen-bond acceptors (Lipinski definition) is 14. The fourth-order valence-electron chi connectivity index (χ4n) is 8.95. The van der Waals surface area contributed by atoms with Crippen LogP contribution in [0.4, 0.5) is 0 Å². The molecule has 0 amide bonds. The topological polar surface area (TPSA) is 183 Å². The summed E-state index contributed by atoms with van der Waals surface area (Å²) >= 11 is 0. The summed E-state index contributed by atoms with van der Waals surface area (Å²) in [5.41, 5.74) is -4.55. The van der Waals surface area contributed by atoms with Crippen LogP contribution >= 0.6 is 0 Å². The van der Waals surface area contributed by atoms with Gasteiger partial charge in [-0.15, -0.1) is 0 Å². The van der Waals surface area contributed by atoms with Crippen molar-refractivity contribution in [1.82, 2.24) is 4.90 Å².